The first-order chi connectivity index (χ1) is 10.6. The Bertz CT molecular complexity index is 635. The van der Waals surface area contributed by atoms with Crippen molar-refractivity contribution in [3.8, 4) is 5.75 Å². The lowest BCUT2D eigenvalue weighted by atomic mass is 10.2. The van der Waals surface area contributed by atoms with E-state index in [1.807, 2.05) is 25.2 Å². The first-order valence-electron chi connectivity index (χ1n) is 6.85. The fourth-order valence-corrected chi connectivity index (χ4v) is 2.38. The molecule has 116 valence electrons. The van der Waals surface area contributed by atoms with Gasteiger partial charge in [0, 0.05) is 29.7 Å². The molecule has 2 aromatic carbocycles. The molecule has 5 nitrogen and oxygen atoms in total. The van der Waals surface area contributed by atoms with Crippen LogP contribution < -0.4 is 4.74 Å². The highest BCUT2D eigenvalue weighted by atomic mass is 79.9. The van der Waals surface area contributed by atoms with Crippen LogP contribution in [-0.2, 0) is 6.54 Å². The molecule has 0 spiro atoms. The molecule has 2 rings (SSSR count). The summed E-state index contributed by atoms with van der Waals surface area (Å²) in [6.45, 7) is 1.88. The Morgan fingerprint density at radius 3 is 2.64 bits per heavy atom. The van der Waals surface area contributed by atoms with E-state index >= 15 is 0 Å². The van der Waals surface area contributed by atoms with Crippen molar-refractivity contribution in [3.05, 3.63) is 68.7 Å². The zero-order valence-corrected chi connectivity index (χ0v) is 13.8. The molecule has 22 heavy (non-hydrogen) atoms. The van der Waals surface area contributed by atoms with E-state index in [-0.39, 0.29) is 11.4 Å². The van der Waals surface area contributed by atoms with Gasteiger partial charge in [0.05, 0.1) is 4.92 Å². The molecule has 0 aliphatic rings. The lowest BCUT2D eigenvalue weighted by Crippen LogP contribution is -2.24. The zero-order valence-electron chi connectivity index (χ0n) is 12.2. The average Bonchev–Trinajstić information content (AvgIpc) is 2.48. The van der Waals surface area contributed by atoms with Gasteiger partial charge in [-0.25, -0.2) is 0 Å². The first-order valence-corrected chi connectivity index (χ1v) is 7.65. The highest BCUT2D eigenvalue weighted by molar-refractivity contribution is 9.10. The van der Waals surface area contributed by atoms with E-state index < -0.39 is 4.92 Å². The minimum absolute atomic E-state index is 0.0195. The van der Waals surface area contributed by atoms with Crippen molar-refractivity contribution in [2.75, 3.05) is 20.2 Å². The molecule has 0 bridgehead atoms. The zero-order chi connectivity index (χ0) is 15.9. The summed E-state index contributed by atoms with van der Waals surface area (Å²) >= 11 is 3.30. The smallest absolute Gasteiger partial charge is 0.310 e. The van der Waals surface area contributed by atoms with Gasteiger partial charge in [0.2, 0.25) is 0 Å². The summed E-state index contributed by atoms with van der Waals surface area (Å²) < 4.78 is 6.33. The van der Waals surface area contributed by atoms with Crippen LogP contribution in [-0.4, -0.2) is 30.0 Å². The average molecular weight is 365 g/mol. The maximum atomic E-state index is 11.0. The van der Waals surface area contributed by atoms with Crippen LogP contribution in [0.15, 0.2) is 53.0 Å². The van der Waals surface area contributed by atoms with Gasteiger partial charge >= 0.3 is 5.69 Å². The van der Waals surface area contributed by atoms with Crippen molar-refractivity contribution in [2.45, 2.75) is 6.54 Å². The third kappa shape index (κ3) is 4.82. The van der Waals surface area contributed by atoms with Crippen LogP contribution in [0.1, 0.15) is 5.56 Å². The predicted octanol–water partition coefficient (Wildman–Crippen LogP) is 3.87. The van der Waals surface area contributed by atoms with Gasteiger partial charge in [-0.1, -0.05) is 46.3 Å². The lowest BCUT2D eigenvalue weighted by molar-refractivity contribution is -0.385. The number of nitro benzene ring substituents is 1. The number of likely N-dealkylation sites (N-methyl/N-ethyl adjacent to an activating group) is 1. The molecule has 6 heteroatoms. The van der Waals surface area contributed by atoms with Gasteiger partial charge in [-0.3, -0.25) is 15.0 Å². The van der Waals surface area contributed by atoms with Gasteiger partial charge in [-0.15, -0.1) is 0 Å². The third-order valence-corrected chi connectivity index (χ3v) is 3.64. The Morgan fingerprint density at radius 2 is 1.95 bits per heavy atom. The van der Waals surface area contributed by atoms with Crippen LogP contribution in [0.3, 0.4) is 0 Å². The molecular formula is C16H17BrN2O3. The maximum absolute atomic E-state index is 11.0. The maximum Gasteiger partial charge on any atom is 0.310 e. The largest absolute Gasteiger partial charge is 0.485 e. The molecule has 0 N–H and O–H groups in total. The number of rotatable bonds is 7. The first kappa shape index (κ1) is 16.5. The minimum Gasteiger partial charge on any atom is -0.485 e. The Kier molecular flexibility index (Phi) is 5.91. The van der Waals surface area contributed by atoms with E-state index in [4.69, 9.17) is 4.74 Å². The van der Waals surface area contributed by atoms with Crippen molar-refractivity contribution < 1.29 is 9.66 Å². The van der Waals surface area contributed by atoms with Crippen molar-refractivity contribution in [1.82, 2.24) is 4.90 Å². The van der Waals surface area contributed by atoms with Crippen molar-refractivity contribution in [2.24, 2.45) is 0 Å². The van der Waals surface area contributed by atoms with Gasteiger partial charge in [0.25, 0.3) is 0 Å². The molecule has 0 amide bonds. The lowest BCUT2D eigenvalue weighted by Gasteiger charge is -2.17. The summed E-state index contributed by atoms with van der Waals surface area (Å²) in [7, 11) is 1.99. The van der Waals surface area contributed by atoms with Crippen LogP contribution in [0.5, 0.6) is 5.75 Å². The van der Waals surface area contributed by atoms with Crippen LogP contribution in [0.4, 0.5) is 5.69 Å². The fourth-order valence-electron chi connectivity index (χ4n) is 2.04. The summed E-state index contributed by atoms with van der Waals surface area (Å²) in [5.41, 5.74) is 1.20. The number of ether oxygens (including phenoxy) is 1. The number of nitrogens with zero attached hydrogens (tertiary/aromatic N) is 2. The summed E-state index contributed by atoms with van der Waals surface area (Å²) in [4.78, 5) is 12.6. The van der Waals surface area contributed by atoms with E-state index in [9.17, 15) is 10.1 Å². The van der Waals surface area contributed by atoms with Gasteiger partial charge in [-0.05, 0) is 18.7 Å². The van der Waals surface area contributed by atoms with Crippen LogP contribution in [0, 0.1) is 10.1 Å². The Morgan fingerprint density at radius 1 is 1.23 bits per heavy atom. The normalized spacial score (nSPS) is 10.7. The quantitative estimate of drug-likeness (QED) is 0.552. The summed E-state index contributed by atoms with van der Waals surface area (Å²) in [5.74, 6) is 0.285. The number of nitro groups is 1. The topological polar surface area (TPSA) is 55.6 Å². The van der Waals surface area contributed by atoms with Crippen LogP contribution >= 0.6 is 15.9 Å². The molecule has 0 saturated carbocycles. The molecule has 0 fully saturated rings. The van der Waals surface area contributed by atoms with Crippen LogP contribution in [0.25, 0.3) is 0 Å². The van der Waals surface area contributed by atoms with Crippen molar-refractivity contribution in [3.63, 3.8) is 0 Å². The molecule has 2 aromatic rings. The molecular weight excluding hydrogens is 348 g/mol. The van der Waals surface area contributed by atoms with E-state index in [1.165, 1.54) is 11.6 Å². The van der Waals surface area contributed by atoms with Gasteiger partial charge in [0.15, 0.2) is 5.75 Å². The molecule has 0 aromatic heterocycles. The number of hydrogen-bond acceptors (Lipinski definition) is 4. The minimum atomic E-state index is -0.435. The van der Waals surface area contributed by atoms with Crippen molar-refractivity contribution >= 4 is 21.6 Å². The second-order valence-corrected chi connectivity index (χ2v) is 5.86. The van der Waals surface area contributed by atoms with E-state index in [1.54, 1.807) is 12.1 Å². The molecule has 0 aliphatic heterocycles. The summed E-state index contributed by atoms with van der Waals surface area (Å²) in [6.07, 6.45) is 0. The molecule has 0 saturated heterocycles. The number of benzene rings is 2. The number of hydrogen-bond donors (Lipinski definition) is 0. The molecule has 0 atom stereocenters. The molecule has 0 radical (unpaired) electrons. The Labute approximate surface area is 137 Å². The van der Waals surface area contributed by atoms with Crippen LogP contribution in [0.2, 0.25) is 0 Å². The predicted molar refractivity (Wildman–Crippen MR) is 89.1 cm³/mol. The summed E-state index contributed by atoms with van der Waals surface area (Å²) in [5, 5.41) is 11.0. The van der Waals surface area contributed by atoms with Gasteiger partial charge in [0.1, 0.15) is 6.61 Å². The fraction of sp³-hybridized carbons (Fsp3) is 0.250. The van der Waals surface area contributed by atoms with E-state index in [0.717, 1.165) is 11.0 Å². The second kappa shape index (κ2) is 7.91. The SMILES string of the molecule is CN(CCOc1cc(Br)ccc1[N+](=O)[O-])Cc1ccccc1. The highest BCUT2D eigenvalue weighted by Gasteiger charge is 2.15. The van der Waals surface area contributed by atoms with Gasteiger partial charge in [-0.2, -0.15) is 0 Å². The number of halogens is 1. The highest BCUT2D eigenvalue weighted by Crippen LogP contribution is 2.30. The Balaban J connectivity index is 1.88. The summed E-state index contributed by atoms with van der Waals surface area (Å²) in [6, 6.07) is 14.8. The van der Waals surface area contributed by atoms with E-state index in [2.05, 4.69) is 33.0 Å². The molecule has 0 unspecified atom stereocenters. The monoisotopic (exact) mass is 364 g/mol. The standard InChI is InChI=1S/C16H17BrN2O3/c1-18(12-13-5-3-2-4-6-13)9-10-22-16-11-14(17)7-8-15(16)19(20)21/h2-8,11H,9-10,12H2,1H3. The van der Waals surface area contributed by atoms with Gasteiger partial charge < -0.3 is 4.74 Å². The van der Waals surface area contributed by atoms with Crippen molar-refractivity contribution in [1.29, 1.82) is 0 Å². The second-order valence-electron chi connectivity index (χ2n) is 4.94. The molecule has 0 aliphatic carbocycles. The third-order valence-electron chi connectivity index (χ3n) is 3.14. The van der Waals surface area contributed by atoms with E-state index in [0.29, 0.717) is 13.2 Å². The Hall–Kier alpha value is -1.92. The molecule has 0 heterocycles.